The minimum Gasteiger partial charge on any atom is -0.507 e. The monoisotopic (exact) mass is 647 g/mol. The Bertz CT molecular complexity index is 2020. The van der Waals surface area contributed by atoms with Gasteiger partial charge in [0.1, 0.15) is 23.3 Å². The fraction of sp³-hybridized carbons (Fsp3) is 0.294. The Balaban J connectivity index is 1.80. The summed E-state index contributed by atoms with van der Waals surface area (Å²) < 4.78 is 34.8. The minimum atomic E-state index is -1.12. The number of benzene rings is 2. The number of phenolic OH excluding ortho intramolecular Hbond substituents is 1. The van der Waals surface area contributed by atoms with Gasteiger partial charge in [0.2, 0.25) is 5.91 Å². The lowest BCUT2D eigenvalue weighted by atomic mass is 9.95. The van der Waals surface area contributed by atoms with E-state index in [0.717, 1.165) is 10.6 Å². The predicted molar refractivity (Wildman–Crippen MR) is 174 cm³/mol. The van der Waals surface area contributed by atoms with E-state index in [4.69, 9.17) is 11.6 Å². The molecule has 4 aromatic rings. The third-order valence-corrected chi connectivity index (χ3v) is 9.22. The summed E-state index contributed by atoms with van der Waals surface area (Å²) in [6.07, 6.45) is 2.76. The first-order chi connectivity index (χ1) is 21.8. The van der Waals surface area contributed by atoms with Gasteiger partial charge in [0.15, 0.2) is 5.82 Å². The van der Waals surface area contributed by atoms with Gasteiger partial charge in [0.25, 0.3) is 11.5 Å². The van der Waals surface area contributed by atoms with Crippen LogP contribution in [0.3, 0.4) is 0 Å². The molecule has 2 amide bonds. The molecule has 2 aromatic carbocycles. The number of hydrogen-bond donors (Lipinski definition) is 1. The van der Waals surface area contributed by atoms with Crippen molar-refractivity contribution in [2.24, 2.45) is 0 Å². The van der Waals surface area contributed by atoms with Gasteiger partial charge in [-0.2, -0.15) is 0 Å². The van der Waals surface area contributed by atoms with Gasteiger partial charge >= 0.3 is 0 Å². The van der Waals surface area contributed by atoms with Crippen LogP contribution in [-0.2, 0) is 9.59 Å². The van der Waals surface area contributed by atoms with Gasteiger partial charge < -0.3 is 19.8 Å². The Morgan fingerprint density at radius 2 is 1.85 bits per heavy atom. The standard InChI is InChI=1S/C34H32ClF2N5O4/c1-7-24(44)40-15-22-33(45)39(6)32-31(41(22)14-18(40)5)19-13-21(36)26(25-20(35)9-8-10-23(25)43)27(37)30(19)42(34(32)46)29-17(4)11-12-38-28(29)16(2)3/h7-13,16,18,22,43H,1,14-15H2,2-6H3. The number of anilines is 2. The first kappa shape index (κ1) is 31.2. The van der Waals surface area contributed by atoms with Crippen molar-refractivity contribution in [1.29, 1.82) is 0 Å². The molecule has 9 nitrogen and oxygen atoms in total. The molecule has 1 saturated heterocycles. The summed E-state index contributed by atoms with van der Waals surface area (Å²) in [5.74, 6) is -3.61. The van der Waals surface area contributed by atoms with Crippen molar-refractivity contribution >= 4 is 45.7 Å². The van der Waals surface area contributed by atoms with Crippen LogP contribution in [0.25, 0.3) is 27.7 Å². The fourth-order valence-electron chi connectivity index (χ4n) is 6.72. The topological polar surface area (TPSA) is 99.0 Å². The van der Waals surface area contributed by atoms with Crippen LogP contribution in [0.1, 0.15) is 37.9 Å². The maximum atomic E-state index is 17.3. The molecule has 2 aliphatic heterocycles. The molecule has 6 rings (SSSR count). The molecular weight excluding hydrogens is 616 g/mol. The van der Waals surface area contributed by atoms with E-state index in [-0.39, 0.29) is 57.8 Å². The average molecular weight is 648 g/mol. The highest BCUT2D eigenvalue weighted by Crippen LogP contribution is 2.47. The number of halogens is 3. The second-order valence-corrected chi connectivity index (χ2v) is 12.4. The minimum absolute atomic E-state index is 0.0189. The maximum absolute atomic E-state index is 17.3. The summed E-state index contributed by atoms with van der Waals surface area (Å²) in [6.45, 7) is 11.0. The molecule has 238 valence electrons. The van der Waals surface area contributed by atoms with Gasteiger partial charge in [-0.25, -0.2) is 8.78 Å². The second-order valence-electron chi connectivity index (χ2n) is 12.0. The van der Waals surface area contributed by atoms with Crippen molar-refractivity contribution < 1.29 is 23.5 Å². The smallest absolute Gasteiger partial charge is 0.281 e. The summed E-state index contributed by atoms with van der Waals surface area (Å²) in [7, 11) is 1.44. The van der Waals surface area contributed by atoms with Crippen LogP contribution in [0.2, 0.25) is 5.02 Å². The van der Waals surface area contributed by atoms with Crippen molar-refractivity contribution in [2.45, 2.75) is 45.7 Å². The SMILES string of the molecule is C=CC(=O)N1CC2C(=O)N(C)c3c(c4cc(F)c(-c5c(O)cccc5Cl)c(F)c4n(-c4c(C)ccnc4C(C)C)c3=O)N2CC1C. The molecule has 0 bridgehead atoms. The van der Waals surface area contributed by atoms with E-state index in [1.807, 2.05) is 13.8 Å². The zero-order valence-electron chi connectivity index (χ0n) is 25.9. The van der Waals surface area contributed by atoms with Crippen LogP contribution in [0.15, 0.2) is 54.0 Å². The van der Waals surface area contributed by atoms with Crippen LogP contribution in [0.5, 0.6) is 5.75 Å². The zero-order valence-corrected chi connectivity index (χ0v) is 26.7. The number of hydrogen-bond acceptors (Lipinski definition) is 6. The molecule has 0 radical (unpaired) electrons. The Labute approximate surface area is 268 Å². The molecule has 2 aliphatic rings. The number of carbonyl (C=O) groups is 2. The molecule has 2 atom stereocenters. The van der Waals surface area contributed by atoms with Gasteiger partial charge in [-0.05, 0) is 55.7 Å². The molecule has 4 heterocycles. The number of likely N-dealkylation sites (N-methyl/N-ethyl adjacent to an activating group) is 1. The number of aromatic nitrogens is 2. The lowest BCUT2D eigenvalue weighted by Gasteiger charge is -2.50. The van der Waals surface area contributed by atoms with Gasteiger partial charge in [-0.15, -0.1) is 0 Å². The highest BCUT2D eigenvalue weighted by molar-refractivity contribution is 6.33. The molecule has 1 fully saturated rings. The molecule has 0 aliphatic carbocycles. The summed E-state index contributed by atoms with van der Waals surface area (Å²) in [6, 6.07) is 5.55. The quantitative estimate of drug-likeness (QED) is 0.286. The van der Waals surface area contributed by atoms with E-state index in [2.05, 4.69) is 11.6 Å². The number of fused-ring (bicyclic) bond motifs is 5. The van der Waals surface area contributed by atoms with Crippen molar-refractivity contribution in [1.82, 2.24) is 14.5 Å². The molecule has 0 saturated carbocycles. The number of carbonyl (C=O) groups excluding carboxylic acids is 2. The van der Waals surface area contributed by atoms with E-state index < -0.39 is 46.5 Å². The van der Waals surface area contributed by atoms with Gasteiger partial charge in [0.05, 0.1) is 39.7 Å². The molecule has 2 unspecified atom stereocenters. The molecule has 0 spiro atoms. The third kappa shape index (κ3) is 4.47. The fourth-order valence-corrected chi connectivity index (χ4v) is 6.98. The largest absolute Gasteiger partial charge is 0.507 e. The number of amides is 2. The van der Waals surface area contributed by atoms with Crippen LogP contribution < -0.4 is 15.4 Å². The van der Waals surface area contributed by atoms with E-state index in [1.165, 1.54) is 41.1 Å². The van der Waals surface area contributed by atoms with E-state index in [9.17, 15) is 19.5 Å². The second kappa shape index (κ2) is 11.2. The Morgan fingerprint density at radius 1 is 1.13 bits per heavy atom. The number of phenols is 1. The summed E-state index contributed by atoms with van der Waals surface area (Å²) in [5.41, 5.74) is -0.363. The van der Waals surface area contributed by atoms with Crippen molar-refractivity contribution in [2.75, 3.05) is 29.9 Å². The number of aryl methyl sites for hydroxylation is 1. The Hall–Kier alpha value is -4.77. The predicted octanol–water partition coefficient (Wildman–Crippen LogP) is 5.69. The van der Waals surface area contributed by atoms with E-state index in [1.54, 1.807) is 31.0 Å². The zero-order chi connectivity index (χ0) is 33.4. The summed E-state index contributed by atoms with van der Waals surface area (Å²) in [5, 5.41) is 10.6. The van der Waals surface area contributed by atoms with Gasteiger partial charge in [-0.1, -0.05) is 38.1 Å². The van der Waals surface area contributed by atoms with E-state index in [0.29, 0.717) is 16.9 Å². The first-order valence-corrected chi connectivity index (χ1v) is 15.2. The highest BCUT2D eigenvalue weighted by Gasteiger charge is 2.46. The highest BCUT2D eigenvalue weighted by atomic mass is 35.5. The molecule has 1 N–H and O–H groups in total. The van der Waals surface area contributed by atoms with Crippen molar-refractivity contribution in [3.05, 3.63) is 87.5 Å². The molecule has 12 heteroatoms. The summed E-state index contributed by atoms with van der Waals surface area (Å²) >= 11 is 6.38. The number of rotatable bonds is 4. The van der Waals surface area contributed by atoms with Crippen LogP contribution >= 0.6 is 11.6 Å². The van der Waals surface area contributed by atoms with Crippen molar-refractivity contribution in [3.8, 4) is 22.6 Å². The normalized spacial score (nSPS) is 17.8. The van der Waals surface area contributed by atoms with Crippen LogP contribution in [0.4, 0.5) is 20.2 Å². The lowest BCUT2D eigenvalue weighted by molar-refractivity contribution is -0.130. The lowest BCUT2D eigenvalue weighted by Crippen LogP contribution is -2.66. The number of nitrogens with zero attached hydrogens (tertiary/aromatic N) is 5. The summed E-state index contributed by atoms with van der Waals surface area (Å²) in [4.78, 5) is 50.2. The van der Waals surface area contributed by atoms with Gasteiger partial charge in [-0.3, -0.25) is 23.9 Å². The van der Waals surface area contributed by atoms with Crippen molar-refractivity contribution in [3.63, 3.8) is 0 Å². The Morgan fingerprint density at radius 3 is 2.50 bits per heavy atom. The first-order valence-electron chi connectivity index (χ1n) is 14.8. The van der Waals surface area contributed by atoms with Crippen LogP contribution in [0, 0.1) is 18.6 Å². The number of pyridine rings is 2. The molecule has 46 heavy (non-hydrogen) atoms. The average Bonchev–Trinajstić information content (AvgIpc) is 3.00. The number of aromatic hydroxyl groups is 1. The van der Waals surface area contributed by atoms with E-state index >= 15 is 8.78 Å². The molecule has 2 aromatic heterocycles. The Kier molecular flexibility index (Phi) is 7.63. The molecular formula is C34H32ClF2N5O4. The third-order valence-electron chi connectivity index (χ3n) is 8.90. The number of piperazine rings is 1. The maximum Gasteiger partial charge on any atom is 0.281 e. The van der Waals surface area contributed by atoms with Gasteiger partial charge in [0, 0.05) is 36.8 Å². The van der Waals surface area contributed by atoms with Crippen LogP contribution in [-0.4, -0.2) is 63.6 Å².